The maximum absolute atomic E-state index is 9.69. The Balaban J connectivity index is 2.03. The van der Waals surface area contributed by atoms with E-state index in [1.807, 2.05) is 36.4 Å². The van der Waals surface area contributed by atoms with Crippen molar-refractivity contribution in [2.75, 3.05) is 11.9 Å². The van der Waals surface area contributed by atoms with Gasteiger partial charge in [0.25, 0.3) is 0 Å². The van der Waals surface area contributed by atoms with E-state index in [2.05, 4.69) is 11.4 Å². The van der Waals surface area contributed by atoms with Crippen molar-refractivity contribution in [2.24, 2.45) is 0 Å². The average molecular weight is 285 g/mol. The molecule has 20 heavy (non-hydrogen) atoms. The molecule has 4 heteroatoms. The standard InChI is InChI=1S/C16H13ClN2O/c17-13-5-3-6-14(8-13)19-16(10-18)11-20-9-12-4-1-2-7-15(12)16/h1-8,19H,9,11H2. The zero-order valence-corrected chi connectivity index (χ0v) is 11.5. The fourth-order valence-corrected chi connectivity index (χ4v) is 2.68. The normalized spacial score (nSPS) is 20.8. The van der Waals surface area contributed by atoms with Gasteiger partial charge in [-0.3, -0.25) is 0 Å². The molecule has 1 unspecified atom stereocenters. The molecule has 0 saturated heterocycles. The van der Waals surface area contributed by atoms with Crippen LogP contribution < -0.4 is 5.32 Å². The van der Waals surface area contributed by atoms with E-state index >= 15 is 0 Å². The number of hydrogen-bond acceptors (Lipinski definition) is 3. The number of nitriles is 1. The number of nitrogens with one attached hydrogen (secondary N) is 1. The lowest BCUT2D eigenvalue weighted by atomic mass is 9.86. The molecule has 0 aromatic heterocycles. The minimum atomic E-state index is -0.875. The van der Waals surface area contributed by atoms with Gasteiger partial charge < -0.3 is 10.1 Å². The maximum atomic E-state index is 9.69. The van der Waals surface area contributed by atoms with Crippen LogP contribution in [0.4, 0.5) is 5.69 Å². The Morgan fingerprint density at radius 2 is 2.05 bits per heavy atom. The highest BCUT2D eigenvalue weighted by Gasteiger charge is 2.37. The number of fused-ring (bicyclic) bond motifs is 1. The highest BCUT2D eigenvalue weighted by molar-refractivity contribution is 6.30. The van der Waals surface area contributed by atoms with E-state index in [-0.39, 0.29) is 0 Å². The molecule has 0 aliphatic carbocycles. The summed E-state index contributed by atoms with van der Waals surface area (Å²) in [6.07, 6.45) is 0. The van der Waals surface area contributed by atoms with Crippen molar-refractivity contribution in [1.82, 2.24) is 0 Å². The molecule has 0 radical (unpaired) electrons. The minimum Gasteiger partial charge on any atom is -0.373 e. The lowest BCUT2D eigenvalue weighted by Crippen LogP contribution is -2.42. The second-order valence-electron chi connectivity index (χ2n) is 4.80. The van der Waals surface area contributed by atoms with E-state index in [9.17, 15) is 5.26 Å². The molecule has 2 aromatic carbocycles. The van der Waals surface area contributed by atoms with Crippen LogP contribution in [0.2, 0.25) is 5.02 Å². The van der Waals surface area contributed by atoms with Crippen LogP contribution in [-0.4, -0.2) is 6.61 Å². The number of nitrogens with zero attached hydrogens (tertiary/aromatic N) is 1. The highest BCUT2D eigenvalue weighted by atomic mass is 35.5. The van der Waals surface area contributed by atoms with Crippen molar-refractivity contribution >= 4 is 17.3 Å². The van der Waals surface area contributed by atoms with Crippen LogP contribution in [0.5, 0.6) is 0 Å². The van der Waals surface area contributed by atoms with Gasteiger partial charge in [-0.05, 0) is 29.3 Å². The number of rotatable bonds is 2. The van der Waals surface area contributed by atoms with Crippen molar-refractivity contribution in [1.29, 1.82) is 5.26 Å². The van der Waals surface area contributed by atoms with Gasteiger partial charge in [0.15, 0.2) is 5.54 Å². The molecule has 0 saturated carbocycles. The van der Waals surface area contributed by atoms with Crippen LogP contribution in [-0.2, 0) is 16.9 Å². The average Bonchev–Trinajstić information content (AvgIpc) is 2.47. The van der Waals surface area contributed by atoms with E-state index in [0.29, 0.717) is 18.2 Å². The number of hydrogen-bond donors (Lipinski definition) is 1. The first-order valence-corrected chi connectivity index (χ1v) is 6.72. The van der Waals surface area contributed by atoms with E-state index in [1.54, 1.807) is 12.1 Å². The molecule has 1 N–H and O–H groups in total. The van der Waals surface area contributed by atoms with Gasteiger partial charge in [-0.2, -0.15) is 5.26 Å². The summed E-state index contributed by atoms with van der Waals surface area (Å²) in [5.74, 6) is 0. The molecule has 1 aliphatic heterocycles. The number of ether oxygens (including phenoxy) is 1. The summed E-state index contributed by atoms with van der Waals surface area (Å²) in [5.41, 5.74) is 1.93. The Bertz CT molecular complexity index is 680. The number of halogens is 1. The lowest BCUT2D eigenvalue weighted by molar-refractivity contribution is 0.0786. The Kier molecular flexibility index (Phi) is 3.35. The molecule has 3 nitrogen and oxygen atoms in total. The fraction of sp³-hybridized carbons (Fsp3) is 0.188. The first-order chi connectivity index (χ1) is 9.73. The lowest BCUT2D eigenvalue weighted by Gasteiger charge is -2.34. The van der Waals surface area contributed by atoms with Crippen molar-refractivity contribution in [2.45, 2.75) is 12.1 Å². The first kappa shape index (κ1) is 13.0. The molecule has 2 aromatic rings. The Morgan fingerprint density at radius 3 is 2.85 bits per heavy atom. The summed E-state index contributed by atoms with van der Waals surface area (Å²) < 4.78 is 5.59. The first-order valence-electron chi connectivity index (χ1n) is 6.35. The van der Waals surface area contributed by atoms with Gasteiger partial charge in [0.2, 0.25) is 0 Å². The molecule has 1 aliphatic rings. The third-order valence-electron chi connectivity index (χ3n) is 3.43. The van der Waals surface area contributed by atoms with Crippen LogP contribution in [0.15, 0.2) is 48.5 Å². The van der Waals surface area contributed by atoms with Gasteiger partial charge in [0.05, 0.1) is 19.3 Å². The molecular formula is C16H13ClN2O. The summed E-state index contributed by atoms with van der Waals surface area (Å²) in [5, 5.41) is 13.6. The van der Waals surface area contributed by atoms with Gasteiger partial charge in [0.1, 0.15) is 0 Å². The summed E-state index contributed by atoms with van der Waals surface area (Å²) in [4.78, 5) is 0. The van der Waals surface area contributed by atoms with E-state index in [4.69, 9.17) is 16.3 Å². The quantitative estimate of drug-likeness (QED) is 0.914. The second-order valence-corrected chi connectivity index (χ2v) is 5.24. The van der Waals surface area contributed by atoms with Crippen LogP contribution >= 0.6 is 11.6 Å². The molecule has 100 valence electrons. The van der Waals surface area contributed by atoms with Gasteiger partial charge >= 0.3 is 0 Å². The molecule has 0 bridgehead atoms. The highest BCUT2D eigenvalue weighted by Crippen LogP contribution is 2.33. The Hall–Kier alpha value is -2.02. The molecule has 0 spiro atoms. The molecule has 1 heterocycles. The minimum absolute atomic E-state index is 0.313. The second kappa shape index (κ2) is 5.16. The van der Waals surface area contributed by atoms with Crippen LogP contribution in [0, 0.1) is 11.3 Å². The number of benzene rings is 2. The predicted molar refractivity (Wildman–Crippen MR) is 78.5 cm³/mol. The molecule has 0 fully saturated rings. The zero-order valence-electron chi connectivity index (χ0n) is 10.8. The van der Waals surface area contributed by atoms with Gasteiger partial charge in [-0.25, -0.2) is 0 Å². The van der Waals surface area contributed by atoms with E-state index < -0.39 is 5.54 Å². The Morgan fingerprint density at radius 1 is 1.20 bits per heavy atom. The maximum Gasteiger partial charge on any atom is 0.174 e. The molecule has 0 amide bonds. The summed E-state index contributed by atoms with van der Waals surface area (Å²) in [6.45, 7) is 0.851. The summed E-state index contributed by atoms with van der Waals surface area (Å²) in [7, 11) is 0. The predicted octanol–water partition coefficient (Wildman–Crippen LogP) is 3.70. The van der Waals surface area contributed by atoms with E-state index in [0.717, 1.165) is 16.8 Å². The third-order valence-corrected chi connectivity index (χ3v) is 3.66. The van der Waals surface area contributed by atoms with E-state index in [1.165, 1.54) is 0 Å². The summed E-state index contributed by atoms with van der Waals surface area (Å²) in [6, 6.07) is 17.6. The van der Waals surface area contributed by atoms with Crippen LogP contribution in [0.25, 0.3) is 0 Å². The smallest absolute Gasteiger partial charge is 0.174 e. The topological polar surface area (TPSA) is 45.0 Å². The fourth-order valence-electron chi connectivity index (χ4n) is 2.49. The van der Waals surface area contributed by atoms with Crippen molar-refractivity contribution < 1.29 is 4.74 Å². The largest absolute Gasteiger partial charge is 0.373 e. The monoisotopic (exact) mass is 284 g/mol. The van der Waals surface area contributed by atoms with Crippen molar-refractivity contribution in [3.63, 3.8) is 0 Å². The summed E-state index contributed by atoms with van der Waals surface area (Å²) >= 11 is 6.00. The van der Waals surface area contributed by atoms with Gasteiger partial charge in [0, 0.05) is 10.7 Å². The third kappa shape index (κ3) is 2.24. The van der Waals surface area contributed by atoms with Crippen molar-refractivity contribution in [3.8, 4) is 6.07 Å². The van der Waals surface area contributed by atoms with Crippen molar-refractivity contribution in [3.05, 3.63) is 64.7 Å². The zero-order chi connectivity index (χ0) is 14.0. The molecule has 3 rings (SSSR count). The number of anilines is 1. The molecule has 1 atom stereocenters. The van der Waals surface area contributed by atoms with Crippen LogP contribution in [0.1, 0.15) is 11.1 Å². The Labute approximate surface area is 122 Å². The SMILES string of the molecule is N#CC1(Nc2cccc(Cl)c2)COCc2ccccc21. The van der Waals surface area contributed by atoms with Gasteiger partial charge in [-0.1, -0.05) is 41.9 Å². The molecular weight excluding hydrogens is 272 g/mol. The van der Waals surface area contributed by atoms with Gasteiger partial charge in [-0.15, -0.1) is 0 Å². The van der Waals surface area contributed by atoms with Crippen LogP contribution in [0.3, 0.4) is 0 Å².